The number of aromatic hydroxyl groups is 1. The van der Waals surface area contributed by atoms with Gasteiger partial charge in [0.2, 0.25) is 0 Å². The molecule has 1 N–H and O–H groups in total. The second-order valence-electron chi connectivity index (χ2n) is 6.23. The van der Waals surface area contributed by atoms with Crippen LogP contribution in [0.5, 0.6) is 5.75 Å². The molecule has 1 aliphatic carbocycles. The van der Waals surface area contributed by atoms with E-state index in [0.717, 1.165) is 12.8 Å². The lowest BCUT2D eigenvalue weighted by atomic mass is 9.77. The zero-order valence-electron chi connectivity index (χ0n) is 12.5. The van der Waals surface area contributed by atoms with Crippen LogP contribution < -0.4 is 0 Å². The second-order valence-corrected chi connectivity index (χ2v) is 6.23. The van der Waals surface area contributed by atoms with Crippen molar-refractivity contribution in [3.63, 3.8) is 0 Å². The molecule has 2 aliphatic rings. The average Bonchev–Trinajstić information content (AvgIpc) is 2.51. The van der Waals surface area contributed by atoms with Gasteiger partial charge < -0.3 is 5.11 Å². The lowest BCUT2D eigenvalue weighted by Gasteiger charge is -2.41. The number of phenolic OH excluding ortho intramolecular Hbond substituents is 1. The van der Waals surface area contributed by atoms with E-state index in [2.05, 4.69) is 36.1 Å². The fourth-order valence-corrected chi connectivity index (χ4v) is 4.05. The lowest BCUT2D eigenvalue weighted by Crippen LogP contribution is -2.38. The maximum atomic E-state index is 9.85. The summed E-state index contributed by atoms with van der Waals surface area (Å²) < 4.78 is 0. The summed E-state index contributed by atoms with van der Waals surface area (Å²) >= 11 is 0. The minimum atomic E-state index is 0.367. The van der Waals surface area contributed by atoms with Crippen LogP contribution in [0.2, 0.25) is 0 Å². The van der Waals surface area contributed by atoms with Crippen molar-refractivity contribution in [1.29, 1.82) is 0 Å². The van der Waals surface area contributed by atoms with E-state index in [4.69, 9.17) is 0 Å². The minimum Gasteiger partial charge on any atom is -0.508 e. The van der Waals surface area contributed by atoms with Gasteiger partial charge in [-0.05, 0) is 65.8 Å². The first-order valence-electron chi connectivity index (χ1n) is 7.96. The highest BCUT2D eigenvalue weighted by Gasteiger charge is 2.33. The van der Waals surface area contributed by atoms with Crippen LogP contribution >= 0.6 is 0 Å². The summed E-state index contributed by atoms with van der Waals surface area (Å²) in [7, 11) is 0. The first-order chi connectivity index (χ1) is 10.3. The molecule has 1 heterocycles. The molecule has 1 aliphatic heterocycles. The van der Waals surface area contributed by atoms with Gasteiger partial charge in [-0.3, -0.25) is 4.90 Å². The summed E-state index contributed by atoms with van der Waals surface area (Å²) in [4.78, 5) is 2.64. The van der Waals surface area contributed by atoms with Crippen molar-refractivity contribution >= 4 is 0 Å². The Bertz CT molecular complexity index is 692. The number of hydrogen-bond acceptors (Lipinski definition) is 2. The van der Waals surface area contributed by atoms with E-state index in [9.17, 15) is 5.11 Å². The topological polar surface area (TPSA) is 23.5 Å². The Morgan fingerprint density at radius 3 is 2.90 bits per heavy atom. The van der Waals surface area contributed by atoms with E-state index in [1.54, 1.807) is 0 Å². The molecule has 108 valence electrons. The first kappa shape index (κ1) is 12.9. The third-order valence-corrected chi connectivity index (χ3v) is 4.95. The molecular weight excluding hydrogens is 258 g/mol. The molecule has 4 rings (SSSR count). The molecule has 0 spiro atoms. The van der Waals surface area contributed by atoms with Crippen molar-refractivity contribution in [3.05, 3.63) is 53.1 Å². The Kier molecular flexibility index (Phi) is 3.00. The third kappa shape index (κ3) is 1.97. The first-order valence-corrected chi connectivity index (χ1v) is 7.96. The number of phenols is 1. The SMILES string of the molecule is CCCN1CCc2cccc3c2[C@@H]1Cc1ccc(O)cc1-3. The van der Waals surface area contributed by atoms with E-state index < -0.39 is 0 Å². The standard InChI is InChI=1S/C19H21NO/c1-2-9-20-10-8-13-4-3-5-16-17-12-15(21)7-6-14(17)11-18(20)19(13)16/h3-7,12,18,21H,2,8-11H2,1H3/t18-/m0/s1. The number of hydrogen-bond donors (Lipinski definition) is 1. The largest absolute Gasteiger partial charge is 0.508 e. The highest BCUT2D eigenvalue weighted by Crippen LogP contribution is 2.45. The monoisotopic (exact) mass is 279 g/mol. The van der Waals surface area contributed by atoms with Gasteiger partial charge in [-0.1, -0.05) is 31.2 Å². The molecule has 0 aromatic heterocycles. The molecule has 21 heavy (non-hydrogen) atoms. The average molecular weight is 279 g/mol. The summed E-state index contributed by atoms with van der Waals surface area (Å²) in [5.41, 5.74) is 6.93. The summed E-state index contributed by atoms with van der Waals surface area (Å²) in [6.45, 7) is 4.60. The van der Waals surface area contributed by atoms with Gasteiger partial charge in [-0.25, -0.2) is 0 Å². The third-order valence-electron chi connectivity index (χ3n) is 4.95. The Hall–Kier alpha value is -1.80. The Labute approximate surface area is 126 Å². The van der Waals surface area contributed by atoms with Crippen LogP contribution in [0.4, 0.5) is 0 Å². The summed E-state index contributed by atoms with van der Waals surface area (Å²) in [6.07, 6.45) is 3.42. The number of fused-ring (bicyclic) bond motifs is 2. The van der Waals surface area contributed by atoms with Gasteiger partial charge in [0.15, 0.2) is 0 Å². The van der Waals surface area contributed by atoms with E-state index >= 15 is 0 Å². The van der Waals surface area contributed by atoms with Crippen molar-refractivity contribution in [2.75, 3.05) is 13.1 Å². The van der Waals surface area contributed by atoms with Gasteiger partial charge in [0.1, 0.15) is 5.75 Å². The summed E-state index contributed by atoms with van der Waals surface area (Å²) in [5.74, 6) is 0.367. The maximum Gasteiger partial charge on any atom is 0.116 e. The van der Waals surface area contributed by atoms with E-state index in [1.807, 2.05) is 12.1 Å². The molecule has 2 aromatic carbocycles. The van der Waals surface area contributed by atoms with Crippen molar-refractivity contribution < 1.29 is 5.11 Å². The highest BCUT2D eigenvalue weighted by atomic mass is 16.3. The summed E-state index contributed by atoms with van der Waals surface area (Å²) in [6, 6.07) is 13.0. The van der Waals surface area contributed by atoms with E-state index in [0.29, 0.717) is 11.8 Å². The van der Waals surface area contributed by atoms with E-state index in [1.165, 1.54) is 47.3 Å². The Morgan fingerprint density at radius 1 is 1.14 bits per heavy atom. The zero-order valence-corrected chi connectivity index (χ0v) is 12.5. The van der Waals surface area contributed by atoms with Crippen LogP contribution in [0.25, 0.3) is 11.1 Å². The maximum absolute atomic E-state index is 9.85. The van der Waals surface area contributed by atoms with Crippen molar-refractivity contribution in [3.8, 4) is 16.9 Å². The van der Waals surface area contributed by atoms with Gasteiger partial charge in [0.05, 0.1) is 0 Å². The van der Waals surface area contributed by atoms with Crippen molar-refractivity contribution in [1.82, 2.24) is 4.90 Å². The quantitative estimate of drug-likeness (QED) is 0.900. The molecular formula is C19H21NO. The van der Waals surface area contributed by atoms with Crippen molar-refractivity contribution in [2.45, 2.75) is 32.2 Å². The molecule has 0 bridgehead atoms. The molecule has 2 heteroatoms. The van der Waals surface area contributed by atoms with Gasteiger partial charge in [-0.2, -0.15) is 0 Å². The number of rotatable bonds is 2. The fourth-order valence-electron chi connectivity index (χ4n) is 4.05. The van der Waals surface area contributed by atoms with Crippen LogP contribution in [-0.4, -0.2) is 23.1 Å². The van der Waals surface area contributed by atoms with Crippen LogP contribution in [0.3, 0.4) is 0 Å². The van der Waals surface area contributed by atoms with Crippen LogP contribution in [0.15, 0.2) is 36.4 Å². The van der Waals surface area contributed by atoms with Crippen molar-refractivity contribution in [2.24, 2.45) is 0 Å². The normalized spacial score (nSPS) is 20.0. The van der Waals surface area contributed by atoms with Gasteiger partial charge in [0, 0.05) is 12.6 Å². The summed E-state index contributed by atoms with van der Waals surface area (Å²) in [5, 5.41) is 9.85. The van der Waals surface area contributed by atoms with Gasteiger partial charge in [0.25, 0.3) is 0 Å². The molecule has 0 saturated carbocycles. The van der Waals surface area contributed by atoms with Crippen LogP contribution in [0, 0.1) is 0 Å². The Morgan fingerprint density at radius 2 is 2.05 bits per heavy atom. The zero-order chi connectivity index (χ0) is 14.4. The van der Waals surface area contributed by atoms with Gasteiger partial charge in [-0.15, -0.1) is 0 Å². The molecule has 0 saturated heterocycles. The molecule has 2 aromatic rings. The molecule has 0 fully saturated rings. The number of nitrogens with zero attached hydrogens (tertiary/aromatic N) is 1. The fraction of sp³-hybridized carbons (Fsp3) is 0.368. The Balaban J connectivity index is 1.91. The molecule has 2 nitrogen and oxygen atoms in total. The second kappa shape index (κ2) is 4.88. The minimum absolute atomic E-state index is 0.367. The molecule has 1 atom stereocenters. The predicted molar refractivity (Wildman–Crippen MR) is 85.6 cm³/mol. The van der Waals surface area contributed by atoms with Crippen LogP contribution in [0.1, 0.15) is 36.1 Å². The smallest absolute Gasteiger partial charge is 0.116 e. The highest BCUT2D eigenvalue weighted by molar-refractivity contribution is 5.76. The van der Waals surface area contributed by atoms with Gasteiger partial charge >= 0.3 is 0 Å². The molecule has 0 radical (unpaired) electrons. The molecule has 0 amide bonds. The van der Waals surface area contributed by atoms with E-state index in [-0.39, 0.29) is 0 Å². The predicted octanol–water partition coefficient (Wildman–Crippen LogP) is 3.92. The number of benzene rings is 2. The lowest BCUT2D eigenvalue weighted by molar-refractivity contribution is 0.183. The van der Waals surface area contributed by atoms with Crippen LogP contribution in [-0.2, 0) is 12.8 Å². The molecule has 0 unspecified atom stereocenters.